The van der Waals surface area contributed by atoms with E-state index in [1.807, 2.05) is 18.2 Å². The maximum absolute atomic E-state index is 13.8. The first kappa shape index (κ1) is 20.0. The predicted molar refractivity (Wildman–Crippen MR) is 107 cm³/mol. The number of aryl methyl sites for hydroxylation is 1. The molecule has 0 bridgehead atoms. The third-order valence-electron chi connectivity index (χ3n) is 4.64. The van der Waals surface area contributed by atoms with Gasteiger partial charge in [-0.1, -0.05) is 52.3 Å². The number of ether oxygens (including phenoxy) is 1. The quantitative estimate of drug-likeness (QED) is 0.724. The minimum atomic E-state index is -0.288. The summed E-state index contributed by atoms with van der Waals surface area (Å²) in [6.07, 6.45) is 0.631. The number of carbonyl (C=O) groups is 1. The molecule has 1 aliphatic rings. The summed E-state index contributed by atoms with van der Waals surface area (Å²) in [5.41, 5.74) is 1.83. The zero-order chi connectivity index (χ0) is 19.1. The molecule has 6 heteroatoms. The van der Waals surface area contributed by atoms with E-state index in [-0.39, 0.29) is 24.2 Å². The number of nitrogens with one attached hydrogen (secondary N) is 1. The first-order valence-electron chi connectivity index (χ1n) is 9.18. The van der Waals surface area contributed by atoms with E-state index in [2.05, 4.69) is 38.3 Å². The number of benzene rings is 2. The smallest absolute Gasteiger partial charge is 0.220 e. The van der Waals surface area contributed by atoms with Crippen LogP contribution in [0.4, 0.5) is 4.39 Å². The third-order valence-corrected chi connectivity index (χ3v) is 5.13. The van der Waals surface area contributed by atoms with Gasteiger partial charge in [0.05, 0.1) is 12.7 Å². The Hall–Kier alpha value is -1.76. The Bertz CT molecular complexity index is 757. The predicted octanol–water partition coefficient (Wildman–Crippen LogP) is 3.54. The lowest BCUT2D eigenvalue weighted by Crippen LogP contribution is -2.47. The summed E-state index contributed by atoms with van der Waals surface area (Å²) in [5, 5.41) is 2.92. The minimum absolute atomic E-state index is 0.0178. The molecule has 1 amide bonds. The van der Waals surface area contributed by atoms with E-state index in [4.69, 9.17) is 4.74 Å². The van der Waals surface area contributed by atoms with Crippen molar-refractivity contribution in [2.45, 2.75) is 25.5 Å². The highest BCUT2D eigenvalue weighted by atomic mass is 79.9. The van der Waals surface area contributed by atoms with Crippen molar-refractivity contribution < 1.29 is 13.9 Å². The lowest BCUT2D eigenvalue weighted by molar-refractivity contribution is -0.122. The van der Waals surface area contributed by atoms with Gasteiger partial charge in [-0.15, -0.1) is 0 Å². The molecule has 1 fully saturated rings. The first-order chi connectivity index (χ1) is 13.1. The van der Waals surface area contributed by atoms with Gasteiger partial charge < -0.3 is 10.1 Å². The molecule has 0 saturated carbocycles. The fourth-order valence-corrected chi connectivity index (χ4v) is 3.51. The summed E-state index contributed by atoms with van der Waals surface area (Å²) in [4.78, 5) is 14.4. The summed E-state index contributed by atoms with van der Waals surface area (Å²) in [7, 11) is 0. The highest BCUT2D eigenvalue weighted by molar-refractivity contribution is 9.10. The maximum Gasteiger partial charge on any atom is 0.220 e. The summed E-state index contributed by atoms with van der Waals surface area (Å²) >= 11 is 3.23. The summed E-state index contributed by atoms with van der Waals surface area (Å²) in [5.74, 6) is -0.370. The second kappa shape index (κ2) is 9.97. The largest absolute Gasteiger partial charge is 0.374 e. The Morgan fingerprint density at radius 1 is 1.26 bits per heavy atom. The SMILES string of the molecule is O=C(CCc1ccc(Br)cc1F)NCC1CN(Cc2ccccc2)CCO1. The van der Waals surface area contributed by atoms with Crippen molar-refractivity contribution in [1.82, 2.24) is 10.2 Å². The van der Waals surface area contributed by atoms with E-state index in [0.717, 1.165) is 19.6 Å². The normalized spacial score (nSPS) is 17.6. The summed E-state index contributed by atoms with van der Waals surface area (Å²) in [6, 6.07) is 15.3. The highest BCUT2D eigenvalue weighted by Gasteiger charge is 2.21. The van der Waals surface area contributed by atoms with Crippen LogP contribution in [-0.2, 0) is 22.5 Å². The molecule has 4 nitrogen and oxygen atoms in total. The molecule has 1 atom stereocenters. The number of nitrogens with zero attached hydrogens (tertiary/aromatic N) is 1. The molecule has 2 aromatic rings. The summed E-state index contributed by atoms with van der Waals surface area (Å²) < 4.78 is 20.3. The van der Waals surface area contributed by atoms with Crippen molar-refractivity contribution in [3.8, 4) is 0 Å². The molecule has 0 radical (unpaired) electrons. The van der Waals surface area contributed by atoms with Crippen molar-refractivity contribution >= 4 is 21.8 Å². The van der Waals surface area contributed by atoms with E-state index in [1.165, 1.54) is 11.6 Å². The molecule has 1 saturated heterocycles. The Morgan fingerprint density at radius 2 is 2.07 bits per heavy atom. The second-order valence-electron chi connectivity index (χ2n) is 6.75. The van der Waals surface area contributed by atoms with E-state index < -0.39 is 0 Å². The molecule has 0 aliphatic carbocycles. The van der Waals surface area contributed by atoms with Gasteiger partial charge in [-0.05, 0) is 29.7 Å². The van der Waals surface area contributed by atoms with Crippen LogP contribution >= 0.6 is 15.9 Å². The van der Waals surface area contributed by atoms with Crippen LogP contribution in [0, 0.1) is 5.82 Å². The van der Waals surface area contributed by atoms with Crippen molar-refractivity contribution in [1.29, 1.82) is 0 Å². The molecule has 1 heterocycles. The third kappa shape index (κ3) is 6.41. The van der Waals surface area contributed by atoms with Crippen molar-refractivity contribution in [2.24, 2.45) is 0 Å². The number of halogens is 2. The van der Waals surface area contributed by atoms with E-state index in [9.17, 15) is 9.18 Å². The zero-order valence-corrected chi connectivity index (χ0v) is 16.8. The van der Waals surface area contributed by atoms with Crippen LogP contribution in [0.5, 0.6) is 0 Å². The fraction of sp³-hybridized carbons (Fsp3) is 0.381. The lowest BCUT2D eigenvalue weighted by Gasteiger charge is -2.33. The van der Waals surface area contributed by atoms with Gasteiger partial charge in [0.15, 0.2) is 0 Å². The molecule has 144 valence electrons. The summed E-state index contributed by atoms with van der Waals surface area (Å²) in [6.45, 7) is 3.71. The maximum atomic E-state index is 13.8. The topological polar surface area (TPSA) is 41.6 Å². The molecule has 1 aliphatic heterocycles. The lowest BCUT2D eigenvalue weighted by atomic mass is 10.1. The van der Waals surface area contributed by atoms with E-state index in [1.54, 1.807) is 12.1 Å². The standard InChI is InChI=1S/C21H24BrFN2O2/c22-18-8-6-17(20(23)12-18)7-9-21(26)24-13-19-15-25(10-11-27-19)14-16-4-2-1-3-5-16/h1-6,8,12,19H,7,9-11,13-15H2,(H,24,26). The molecule has 27 heavy (non-hydrogen) atoms. The van der Waals surface area contributed by atoms with Gasteiger partial charge in [0.25, 0.3) is 0 Å². The monoisotopic (exact) mass is 434 g/mol. The zero-order valence-electron chi connectivity index (χ0n) is 15.2. The molecule has 1 unspecified atom stereocenters. The number of morpholine rings is 1. The number of rotatable bonds is 7. The molecule has 0 spiro atoms. The Morgan fingerprint density at radius 3 is 2.85 bits per heavy atom. The number of hydrogen-bond acceptors (Lipinski definition) is 3. The van der Waals surface area contributed by atoms with Gasteiger partial charge in [0.2, 0.25) is 5.91 Å². The van der Waals surface area contributed by atoms with Crippen LogP contribution in [-0.4, -0.2) is 43.2 Å². The fourth-order valence-electron chi connectivity index (χ4n) is 3.18. The Labute approximate surface area is 167 Å². The van der Waals surface area contributed by atoms with Crippen LogP contribution in [0.3, 0.4) is 0 Å². The number of hydrogen-bond donors (Lipinski definition) is 1. The van der Waals surface area contributed by atoms with Gasteiger partial charge in [-0.2, -0.15) is 0 Å². The minimum Gasteiger partial charge on any atom is -0.374 e. The van der Waals surface area contributed by atoms with Crippen LogP contribution < -0.4 is 5.32 Å². The van der Waals surface area contributed by atoms with Crippen LogP contribution in [0.25, 0.3) is 0 Å². The van der Waals surface area contributed by atoms with Crippen LogP contribution in [0.15, 0.2) is 53.0 Å². The van der Waals surface area contributed by atoms with Crippen LogP contribution in [0.1, 0.15) is 17.5 Å². The molecular formula is C21H24BrFN2O2. The van der Waals surface area contributed by atoms with Gasteiger partial charge in [-0.3, -0.25) is 9.69 Å². The van der Waals surface area contributed by atoms with E-state index >= 15 is 0 Å². The Kier molecular flexibility index (Phi) is 7.38. The molecule has 1 N–H and O–H groups in total. The van der Waals surface area contributed by atoms with Crippen molar-refractivity contribution in [3.05, 3.63) is 69.9 Å². The van der Waals surface area contributed by atoms with Crippen LogP contribution in [0.2, 0.25) is 0 Å². The second-order valence-corrected chi connectivity index (χ2v) is 7.67. The molecular weight excluding hydrogens is 411 g/mol. The van der Waals surface area contributed by atoms with Gasteiger partial charge in [0.1, 0.15) is 5.82 Å². The molecule has 2 aromatic carbocycles. The molecule has 3 rings (SSSR count). The number of carbonyl (C=O) groups excluding carboxylic acids is 1. The average molecular weight is 435 g/mol. The average Bonchev–Trinajstić information content (AvgIpc) is 2.67. The Balaban J connectivity index is 1.40. The molecule has 0 aromatic heterocycles. The number of amides is 1. The van der Waals surface area contributed by atoms with E-state index in [0.29, 0.717) is 29.6 Å². The van der Waals surface area contributed by atoms with Crippen molar-refractivity contribution in [3.63, 3.8) is 0 Å². The van der Waals surface area contributed by atoms with Crippen molar-refractivity contribution in [2.75, 3.05) is 26.2 Å². The first-order valence-corrected chi connectivity index (χ1v) is 9.98. The van der Waals surface area contributed by atoms with Gasteiger partial charge in [0, 0.05) is 37.1 Å². The van der Waals surface area contributed by atoms with Gasteiger partial charge >= 0.3 is 0 Å². The highest BCUT2D eigenvalue weighted by Crippen LogP contribution is 2.16. The van der Waals surface area contributed by atoms with Gasteiger partial charge in [-0.25, -0.2) is 4.39 Å².